The molecule has 0 aliphatic rings. The molecule has 7 heteroatoms. The zero-order chi connectivity index (χ0) is 15.6. The second kappa shape index (κ2) is 6.81. The van der Waals surface area contributed by atoms with Crippen molar-refractivity contribution in [1.29, 1.82) is 0 Å². The van der Waals surface area contributed by atoms with Crippen molar-refractivity contribution in [2.45, 2.75) is 6.54 Å². The largest absolute Gasteiger partial charge is 0.504 e. The van der Waals surface area contributed by atoms with Gasteiger partial charge in [0.2, 0.25) is 0 Å². The Hall–Kier alpha value is -1.05. The van der Waals surface area contributed by atoms with Crippen molar-refractivity contribution < 1.29 is 14.6 Å². The third-order valence-electron chi connectivity index (χ3n) is 2.87. The molecule has 0 radical (unpaired) electrons. The van der Waals surface area contributed by atoms with E-state index in [2.05, 4.69) is 31.9 Å². The highest BCUT2D eigenvalue weighted by Crippen LogP contribution is 2.33. The first-order valence-corrected chi connectivity index (χ1v) is 8.38. The SMILES string of the molecule is COc1cc(CN(C)C(=O)c2cc(Br)c(Br)s2)ccc1O. The number of rotatable bonds is 4. The van der Waals surface area contributed by atoms with E-state index in [1.54, 1.807) is 36.2 Å². The number of aromatic hydroxyl groups is 1. The second-order valence-corrected chi connectivity index (χ2v) is 7.62. The van der Waals surface area contributed by atoms with Crippen LogP contribution in [0.15, 0.2) is 32.5 Å². The maximum atomic E-state index is 12.4. The summed E-state index contributed by atoms with van der Waals surface area (Å²) in [6.07, 6.45) is 0. The minimum atomic E-state index is -0.0570. The van der Waals surface area contributed by atoms with Crippen molar-refractivity contribution >= 4 is 49.1 Å². The number of ether oxygens (including phenoxy) is 1. The summed E-state index contributed by atoms with van der Waals surface area (Å²) in [5.41, 5.74) is 0.884. The summed E-state index contributed by atoms with van der Waals surface area (Å²) in [4.78, 5) is 14.6. The molecule has 0 spiro atoms. The lowest BCUT2D eigenvalue weighted by molar-refractivity contribution is 0.0789. The number of hydrogen-bond donors (Lipinski definition) is 1. The van der Waals surface area contributed by atoms with E-state index in [0.29, 0.717) is 17.2 Å². The Morgan fingerprint density at radius 1 is 1.38 bits per heavy atom. The second-order valence-electron chi connectivity index (χ2n) is 4.40. The highest BCUT2D eigenvalue weighted by molar-refractivity contribution is 9.13. The molecule has 112 valence electrons. The van der Waals surface area contributed by atoms with Gasteiger partial charge in [-0.05, 0) is 55.6 Å². The molecule has 1 amide bonds. The topological polar surface area (TPSA) is 49.8 Å². The van der Waals surface area contributed by atoms with Crippen LogP contribution in [0.3, 0.4) is 0 Å². The number of hydrogen-bond acceptors (Lipinski definition) is 4. The van der Waals surface area contributed by atoms with E-state index in [9.17, 15) is 9.90 Å². The zero-order valence-corrected chi connectivity index (χ0v) is 15.4. The first-order valence-electron chi connectivity index (χ1n) is 5.98. The van der Waals surface area contributed by atoms with Crippen LogP contribution in [0.25, 0.3) is 0 Å². The molecule has 1 aromatic heterocycles. The maximum absolute atomic E-state index is 12.4. The van der Waals surface area contributed by atoms with E-state index in [0.717, 1.165) is 13.8 Å². The summed E-state index contributed by atoms with van der Waals surface area (Å²) < 4.78 is 6.83. The predicted molar refractivity (Wildman–Crippen MR) is 90.2 cm³/mol. The van der Waals surface area contributed by atoms with E-state index in [4.69, 9.17) is 4.74 Å². The highest BCUT2D eigenvalue weighted by atomic mass is 79.9. The van der Waals surface area contributed by atoms with Crippen molar-refractivity contribution in [2.24, 2.45) is 0 Å². The van der Waals surface area contributed by atoms with E-state index in [1.165, 1.54) is 18.4 Å². The van der Waals surface area contributed by atoms with Crippen molar-refractivity contribution in [1.82, 2.24) is 4.90 Å². The first-order chi connectivity index (χ1) is 9.92. The third kappa shape index (κ3) is 3.78. The van der Waals surface area contributed by atoms with Gasteiger partial charge >= 0.3 is 0 Å². The van der Waals surface area contributed by atoms with Gasteiger partial charge in [0.25, 0.3) is 5.91 Å². The van der Waals surface area contributed by atoms with Crippen molar-refractivity contribution in [3.63, 3.8) is 0 Å². The van der Waals surface area contributed by atoms with Crippen molar-refractivity contribution in [3.05, 3.63) is 43.0 Å². The molecule has 0 saturated carbocycles. The Morgan fingerprint density at radius 2 is 2.10 bits per heavy atom. The van der Waals surface area contributed by atoms with Crippen LogP contribution in [0.5, 0.6) is 11.5 Å². The summed E-state index contributed by atoms with van der Waals surface area (Å²) in [6.45, 7) is 0.433. The number of amides is 1. The van der Waals surface area contributed by atoms with Crippen LogP contribution in [0.4, 0.5) is 0 Å². The summed E-state index contributed by atoms with van der Waals surface area (Å²) in [7, 11) is 3.23. The van der Waals surface area contributed by atoms with E-state index in [1.807, 2.05) is 0 Å². The van der Waals surface area contributed by atoms with Crippen LogP contribution in [0.1, 0.15) is 15.2 Å². The monoisotopic (exact) mass is 433 g/mol. The Balaban J connectivity index is 2.13. The quantitative estimate of drug-likeness (QED) is 0.781. The fourth-order valence-electron chi connectivity index (χ4n) is 1.81. The average molecular weight is 435 g/mol. The van der Waals surface area contributed by atoms with Crippen LogP contribution >= 0.6 is 43.2 Å². The first kappa shape index (κ1) is 16.3. The standard InChI is InChI=1S/C14H13Br2NO3S/c1-17(14(19)12-6-9(15)13(16)21-12)7-8-3-4-10(18)11(5-8)20-2/h3-6,18H,7H2,1-2H3. The number of benzene rings is 1. The smallest absolute Gasteiger partial charge is 0.264 e. The van der Waals surface area contributed by atoms with Crippen LogP contribution in [0.2, 0.25) is 0 Å². The number of phenolic OH excluding ortho intramolecular Hbond substituents is 1. The molecule has 4 nitrogen and oxygen atoms in total. The van der Waals surface area contributed by atoms with Gasteiger partial charge in [-0.25, -0.2) is 0 Å². The normalized spacial score (nSPS) is 10.5. The Bertz CT molecular complexity index is 653. The van der Waals surface area contributed by atoms with E-state index in [-0.39, 0.29) is 11.7 Å². The van der Waals surface area contributed by atoms with Crippen LogP contribution in [-0.4, -0.2) is 30.1 Å². The number of halogens is 2. The minimum absolute atomic E-state index is 0.0570. The lowest BCUT2D eigenvalue weighted by Gasteiger charge is -2.17. The lowest BCUT2D eigenvalue weighted by Crippen LogP contribution is -2.25. The maximum Gasteiger partial charge on any atom is 0.264 e. The van der Waals surface area contributed by atoms with Gasteiger partial charge in [-0.1, -0.05) is 6.07 Å². The average Bonchev–Trinajstić information content (AvgIpc) is 2.79. The molecule has 1 N–H and O–H groups in total. The number of nitrogens with zero attached hydrogens (tertiary/aromatic N) is 1. The van der Waals surface area contributed by atoms with E-state index >= 15 is 0 Å². The third-order valence-corrected chi connectivity index (χ3v) is 6.11. The molecule has 0 aliphatic heterocycles. The molecule has 0 fully saturated rings. The molecule has 1 aromatic carbocycles. The molecule has 0 saturated heterocycles. The van der Waals surface area contributed by atoms with Gasteiger partial charge in [0, 0.05) is 18.1 Å². The highest BCUT2D eigenvalue weighted by Gasteiger charge is 2.17. The van der Waals surface area contributed by atoms with Gasteiger partial charge in [0.1, 0.15) is 0 Å². The van der Waals surface area contributed by atoms with Gasteiger partial charge in [-0.15, -0.1) is 11.3 Å². The molecule has 0 bridgehead atoms. The molecular formula is C14H13Br2NO3S. The van der Waals surface area contributed by atoms with Gasteiger partial charge in [-0.3, -0.25) is 4.79 Å². The molecule has 1 heterocycles. The predicted octanol–water partition coefficient (Wildman–Crippen LogP) is 4.26. The van der Waals surface area contributed by atoms with Crippen LogP contribution < -0.4 is 4.74 Å². The molecule has 0 aliphatic carbocycles. The summed E-state index contributed by atoms with van der Waals surface area (Å²) >= 11 is 8.14. The van der Waals surface area contributed by atoms with E-state index < -0.39 is 0 Å². The number of methoxy groups -OCH3 is 1. The molecule has 0 unspecified atom stereocenters. The minimum Gasteiger partial charge on any atom is -0.504 e. The summed E-state index contributed by atoms with van der Waals surface area (Å²) in [5.74, 6) is 0.426. The molecule has 2 rings (SSSR count). The summed E-state index contributed by atoms with van der Waals surface area (Å²) in [6, 6.07) is 6.84. The van der Waals surface area contributed by atoms with Gasteiger partial charge in [-0.2, -0.15) is 0 Å². The van der Waals surface area contributed by atoms with Gasteiger partial charge in [0.05, 0.1) is 15.8 Å². The van der Waals surface area contributed by atoms with Crippen molar-refractivity contribution in [3.8, 4) is 11.5 Å². The van der Waals surface area contributed by atoms with Crippen molar-refractivity contribution in [2.75, 3.05) is 14.2 Å². The van der Waals surface area contributed by atoms with Crippen LogP contribution in [-0.2, 0) is 6.54 Å². The Labute approximate surface area is 143 Å². The fraction of sp³-hybridized carbons (Fsp3) is 0.214. The Kier molecular flexibility index (Phi) is 5.29. The number of carbonyl (C=O) groups excluding carboxylic acids is 1. The Morgan fingerprint density at radius 3 is 2.67 bits per heavy atom. The molecular weight excluding hydrogens is 422 g/mol. The van der Waals surface area contributed by atoms with Crippen LogP contribution in [0, 0.1) is 0 Å². The molecule has 2 aromatic rings. The lowest BCUT2D eigenvalue weighted by atomic mass is 10.2. The molecule has 0 atom stereocenters. The zero-order valence-electron chi connectivity index (χ0n) is 11.4. The van der Waals surface area contributed by atoms with Gasteiger partial charge < -0.3 is 14.7 Å². The van der Waals surface area contributed by atoms with Gasteiger partial charge in [0.15, 0.2) is 11.5 Å². The molecule has 21 heavy (non-hydrogen) atoms. The fourth-order valence-corrected chi connectivity index (χ4v) is 3.84. The number of carbonyl (C=O) groups is 1. The number of phenols is 1. The summed E-state index contributed by atoms with van der Waals surface area (Å²) in [5, 5.41) is 9.58. The number of thiophene rings is 1.